The number of nitrogens with zero attached hydrogens (tertiary/aromatic N) is 1. The maximum Gasteiger partial charge on any atom is 0.260 e. The third-order valence-electron chi connectivity index (χ3n) is 3.48. The first-order valence-electron chi connectivity index (χ1n) is 7.40. The van der Waals surface area contributed by atoms with Crippen LogP contribution in [0.5, 0.6) is 5.75 Å². The number of para-hydroxylation sites is 1. The molecular weight excluding hydrogens is 287 g/mol. The number of benzene rings is 1. The van der Waals surface area contributed by atoms with Crippen molar-refractivity contribution in [1.29, 1.82) is 0 Å². The van der Waals surface area contributed by atoms with Crippen LogP contribution in [0.15, 0.2) is 24.3 Å². The molecule has 2 amide bonds. The smallest absolute Gasteiger partial charge is 0.260 e. The van der Waals surface area contributed by atoms with Gasteiger partial charge >= 0.3 is 0 Å². The first-order chi connectivity index (χ1) is 10.5. The largest absolute Gasteiger partial charge is 0.481 e. The molecule has 1 N–H and O–H groups in total. The molecule has 2 rings (SSSR count). The van der Waals surface area contributed by atoms with Crippen LogP contribution in [0, 0.1) is 17.7 Å². The fourth-order valence-corrected chi connectivity index (χ4v) is 2.09. The highest BCUT2D eigenvalue weighted by Crippen LogP contribution is 2.18. The van der Waals surface area contributed by atoms with E-state index in [0.29, 0.717) is 25.6 Å². The summed E-state index contributed by atoms with van der Waals surface area (Å²) in [6.45, 7) is 5.25. The van der Waals surface area contributed by atoms with E-state index in [0.717, 1.165) is 0 Å². The molecule has 1 aromatic carbocycles. The summed E-state index contributed by atoms with van der Waals surface area (Å²) in [4.78, 5) is 25.2. The zero-order chi connectivity index (χ0) is 16.1. The molecule has 0 aliphatic carbocycles. The second-order valence-electron chi connectivity index (χ2n) is 5.85. The van der Waals surface area contributed by atoms with Crippen LogP contribution in [0.4, 0.5) is 4.39 Å². The second kappa shape index (κ2) is 7.24. The number of ether oxygens (including phenoxy) is 1. The van der Waals surface area contributed by atoms with E-state index in [4.69, 9.17) is 4.74 Å². The van der Waals surface area contributed by atoms with Crippen molar-refractivity contribution in [3.8, 4) is 5.75 Å². The van der Waals surface area contributed by atoms with Crippen LogP contribution in [-0.4, -0.2) is 43.0 Å². The quantitative estimate of drug-likeness (QED) is 0.865. The van der Waals surface area contributed by atoms with Gasteiger partial charge in [0.1, 0.15) is 0 Å². The molecule has 1 fully saturated rings. The van der Waals surface area contributed by atoms with E-state index < -0.39 is 5.82 Å². The van der Waals surface area contributed by atoms with Crippen molar-refractivity contribution in [1.82, 2.24) is 10.2 Å². The van der Waals surface area contributed by atoms with Gasteiger partial charge in [-0.3, -0.25) is 9.59 Å². The maximum absolute atomic E-state index is 13.4. The Hall–Kier alpha value is -2.11. The number of hydrogen-bond acceptors (Lipinski definition) is 3. The third kappa shape index (κ3) is 4.19. The summed E-state index contributed by atoms with van der Waals surface area (Å²) in [5.74, 6) is -0.455. The highest BCUT2D eigenvalue weighted by Gasteiger charge is 2.35. The lowest BCUT2D eigenvalue weighted by Gasteiger charge is -2.38. The van der Waals surface area contributed by atoms with E-state index in [1.807, 2.05) is 13.8 Å². The molecule has 0 spiro atoms. The van der Waals surface area contributed by atoms with Crippen molar-refractivity contribution >= 4 is 11.8 Å². The Labute approximate surface area is 129 Å². The SMILES string of the molecule is CC(C)CNC(=O)C1CN(C(=O)COc2ccccc2F)C1. The van der Waals surface area contributed by atoms with Crippen molar-refractivity contribution in [3.63, 3.8) is 0 Å². The minimum atomic E-state index is -0.496. The fraction of sp³-hybridized carbons (Fsp3) is 0.500. The van der Waals surface area contributed by atoms with Gasteiger partial charge in [0.25, 0.3) is 5.91 Å². The lowest BCUT2D eigenvalue weighted by Crippen LogP contribution is -2.57. The first kappa shape index (κ1) is 16.3. The molecule has 22 heavy (non-hydrogen) atoms. The Balaban J connectivity index is 1.71. The van der Waals surface area contributed by atoms with Crippen molar-refractivity contribution in [2.45, 2.75) is 13.8 Å². The number of nitrogens with one attached hydrogen (secondary N) is 1. The summed E-state index contributed by atoms with van der Waals surface area (Å²) in [6, 6.07) is 5.95. The van der Waals surface area contributed by atoms with Gasteiger partial charge in [-0.1, -0.05) is 26.0 Å². The van der Waals surface area contributed by atoms with Crippen molar-refractivity contribution in [2.75, 3.05) is 26.2 Å². The Morgan fingerprint density at radius 1 is 1.36 bits per heavy atom. The molecule has 0 aromatic heterocycles. The molecule has 0 radical (unpaired) electrons. The highest BCUT2D eigenvalue weighted by molar-refractivity contribution is 5.85. The standard InChI is InChI=1S/C16H21FN2O3/c1-11(2)7-18-16(21)12-8-19(9-12)15(20)10-22-14-6-4-3-5-13(14)17/h3-6,11-12H,7-10H2,1-2H3,(H,18,21). The summed E-state index contributed by atoms with van der Waals surface area (Å²) in [7, 11) is 0. The molecule has 0 saturated carbocycles. The van der Waals surface area contributed by atoms with Gasteiger partial charge in [-0.2, -0.15) is 0 Å². The minimum absolute atomic E-state index is 0.0206. The number of carbonyl (C=O) groups is 2. The topological polar surface area (TPSA) is 58.6 Å². The Morgan fingerprint density at radius 2 is 2.05 bits per heavy atom. The zero-order valence-electron chi connectivity index (χ0n) is 12.8. The molecule has 1 aliphatic heterocycles. The zero-order valence-corrected chi connectivity index (χ0v) is 12.8. The number of carbonyl (C=O) groups excluding carboxylic acids is 2. The lowest BCUT2D eigenvalue weighted by atomic mass is 9.99. The van der Waals surface area contributed by atoms with E-state index in [-0.39, 0.29) is 30.1 Å². The normalized spacial score (nSPS) is 14.6. The molecule has 6 heteroatoms. The average Bonchev–Trinajstić information content (AvgIpc) is 2.42. The van der Waals surface area contributed by atoms with Gasteiger partial charge in [0.2, 0.25) is 5.91 Å². The fourth-order valence-electron chi connectivity index (χ4n) is 2.09. The summed E-state index contributed by atoms with van der Waals surface area (Å²) in [6.07, 6.45) is 0. The van der Waals surface area contributed by atoms with Crippen LogP contribution >= 0.6 is 0 Å². The van der Waals surface area contributed by atoms with Crippen molar-refractivity contribution < 1.29 is 18.7 Å². The van der Waals surface area contributed by atoms with E-state index in [2.05, 4.69) is 5.32 Å². The molecule has 0 bridgehead atoms. The van der Waals surface area contributed by atoms with Crippen LogP contribution in [0.25, 0.3) is 0 Å². The van der Waals surface area contributed by atoms with Crippen LogP contribution < -0.4 is 10.1 Å². The molecule has 1 aromatic rings. The average molecular weight is 308 g/mol. The first-order valence-corrected chi connectivity index (χ1v) is 7.40. The molecule has 120 valence electrons. The molecular formula is C16H21FN2O3. The number of rotatable bonds is 6. The molecule has 0 atom stereocenters. The Bertz CT molecular complexity index is 542. The number of likely N-dealkylation sites (tertiary alicyclic amines) is 1. The predicted octanol–water partition coefficient (Wildman–Crippen LogP) is 1.44. The lowest BCUT2D eigenvalue weighted by molar-refractivity contribution is -0.144. The van der Waals surface area contributed by atoms with Gasteiger partial charge in [-0.15, -0.1) is 0 Å². The summed E-state index contributed by atoms with van der Waals surface area (Å²) in [5.41, 5.74) is 0. The van der Waals surface area contributed by atoms with E-state index in [1.54, 1.807) is 17.0 Å². The monoisotopic (exact) mass is 308 g/mol. The molecule has 0 unspecified atom stereocenters. The third-order valence-corrected chi connectivity index (χ3v) is 3.48. The molecule has 1 aliphatic rings. The van der Waals surface area contributed by atoms with Crippen molar-refractivity contribution in [2.24, 2.45) is 11.8 Å². The number of hydrogen-bond donors (Lipinski definition) is 1. The van der Waals surface area contributed by atoms with E-state index in [9.17, 15) is 14.0 Å². The van der Waals surface area contributed by atoms with E-state index in [1.165, 1.54) is 12.1 Å². The Kier molecular flexibility index (Phi) is 5.35. The maximum atomic E-state index is 13.4. The van der Waals surface area contributed by atoms with Gasteiger partial charge in [0.15, 0.2) is 18.2 Å². The van der Waals surface area contributed by atoms with Gasteiger partial charge in [0, 0.05) is 19.6 Å². The van der Waals surface area contributed by atoms with Crippen molar-refractivity contribution in [3.05, 3.63) is 30.1 Å². The van der Waals surface area contributed by atoms with Gasteiger partial charge in [-0.25, -0.2) is 4.39 Å². The minimum Gasteiger partial charge on any atom is -0.481 e. The van der Waals surface area contributed by atoms with Crippen LogP contribution in [0.2, 0.25) is 0 Å². The predicted molar refractivity (Wildman–Crippen MR) is 79.8 cm³/mol. The highest BCUT2D eigenvalue weighted by atomic mass is 19.1. The molecule has 5 nitrogen and oxygen atoms in total. The molecule has 1 heterocycles. The summed E-state index contributed by atoms with van der Waals surface area (Å²) < 4.78 is 18.5. The van der Waals surface area contributed by atoms with Gasteiger partial charge < -0.3 is 15.0 Å². The van der Waals surface area contributed by atoms with Gasteiger partial charge in [0.05, 0.1) is 5.92 Å². The summed E-state index contributed by atoms with van der Waals surface area (Å²) in [5, 5.41) is 2.85. The van der Waals surface area contributed by atoms with Crippen LogP contribution in [-0.2, 0) is 9.59 Å². The van der Waals surface area contributed by atoms with Gasteiger partial charge in [-0.05, 0) is 18.1 Å². The Morgan fingerprint density at radius 3 is 2.68 bits per heavy atom. The summed E-state index contributed by atoms with van der Waals surface area (Å²) >= 11 is 0. The van der Waals surface area contributed by atoms with Crippen LogP contribution in [0.3, 0.4) is 0 Å². The second-order valence-corrected chi connectivity index (χ2v) is 5.85. The number of halogens is 1. The number of amides is 2. The van der Waals surface area contributed by atoms with E-state index >= 15 is 0 Å². The molecule has 1 saturated heterocycles. The van der Waals surface area contributed by atoms with Crippen LogP contribution in [0.1, 0.15) is 13.8 Å².